The second-order valence-electron chi connectivity index (χ2n) is 6.84. The molecular formula is C17H26BrN3O. The van der Waals surface area contributed by atoms with Crippen molar-refractivity contribution >= 4 is 27.3 Å². The highest BCUT2D eigenvalue weighted by atomic mass is 79.9. The van der Waals surface area contributed by atoms with Crippen LogP contribution < -0.4 is 15.4 Å². The number of anilines is 2. The molecule has 0 aromatic heterocycles. The van der Waals surface area contributed by atoms with E-state index in [1.807, 2.05) is 6.07 Å². The molecule has 2 fully saturated rings. The topological polar surface area (TPSA) is 41.7 Å². The largest absolute Gasteiger partial charge is 0.495 e. The molecule has 22 heavy (non-hydrogen) atoms. The third-order valence-corrected chi connectivity index (χ3v) is 6.15. The Labute approximate surface area is 141 Å². The molecule has 3 rings (SSSR count). The molecule has 2 aliphatic rings. The number of nitrogens with two attached hydrogens (primary N) is 1. The highest BCUT2D eigenvalue weighted by molar-refractivity contribution is 9.10. The van der Waals surface area contributed by atoms with Gasteiger partial charge in [-0.15, -0.1) is 0 Å². The first-order valence-corrected chi connectivity index (χ1v) is 8.89. The summed E-state index contributed by atoms with van der Waals surface area (Å²) < 4.78 is 6.44. The van der Waals surface area contributed by atoms with Crippen molar-refractivity contribution in [2.75, 3.05) is 51.0 Å². The maximum atomic E-state index is 5.98. The maximum absolute atomic E-state index is 5.98. The maximum Gasteiger partial charge on any atom is 0.143 e. The van der Waals surface area contributed by atoms with Crippen molar-refractivity contribution in [3.8, 4) is 5.75 Å². The minimum Gasteiger partial charge on any atom is -0.495 e. The van der Waals surface area contributed by atoms with Crippen LogP contribution in [0.2, 0.25) is 0 Å². The molecule has 2 N–H and O–H groups in total. The second-order valence-corrected chi connectivity index (χ2v) is 7.69. The zero-order valence-electron chi connectivity index (χ0n) is 13.6. The second kappa shape index (κ2) is 6.28. The van der Waals surface area contributed by atoms with Gasteiger partial charge in [0.1, 0.15) is 5.75 Å². The number of rotatable bonds is 2. The summed E-state index contributed by atoms with van der Waals surface area (Å²) in [6.45, 7) is 4.74. The number of methoxy groups -OCH3 is 1. The zero-order valence-corrected chi connectivity index (χ0v) is 15.2. The van der Waals surface area contributed by atoms with Crippen molar-refractivity contribution in [2.45, 2.75) is 25.7 Å². The van der Waals surface area contributed by atoms with Crippen LogP contribution in [0.5, 0.6) is 5.75 Å². The van der Waals surface area contributed by atoms with Crippen LogP contribution in [0.4, 0.5) is 11.4 Å². The van der Waals surface area contributed by atoms with Gasteiger partial charge < -0.3 is 20.3 Å². The minimum absolute atomic E-state index is 0.577. The Morgan fingerprint density at radius 3 is 2.27 bits per heavy atom. The summed E-state index contributed by atoms with van der Waals surface area (Å²) in [6, 6.07) is 4.01. The fourth-order valence-corrected chi connectivity index (χ4v) is 4.40. The van der Waals surface area contributed by atoms with Gasteiger partial charge in [0.2, 0.25) is 0 Å². The van der Waals surface area contributed by atoms with Gasteiger partial charge in [-0.05, 0) is 73.2 Å². The average Bonchev–Trinajstić information content (AvgIpc) is 2.52. The molecule has 0 atom stereocenters. The van der Waals surface area contributed by atoms with Crippen LogP contribution in [-0.2, 0) is 0 Å². The summed E-state index contributed by atoms with van der Waals surface area (Å²) in [5.41, 5.74) is 8.44. The molecular weight excluding hydrogens is 342 g/mol. The van der Waals surface area contributed by atoms with Crippen molar-refractivity contribution in [3.05, 3.63) is 16.6 Å². The van der Waals surface area contributed by atoms with Gasteiger partial charge in [-0.25, -0.2) is 0 Å². The lowest BCUT2D eigenvalue weighted by Gasteiger charge is -2.47. The monoisotopic (exact) mass is 367 g/mol. The van der Waals surface area contributed by atoms with Crippen LogP contribution in [0.25, 0.3) is 0 Å². The predicted molar refractivity (Wildman–Crippen MR) is 95.7 cm³/mol. The van der Waals surface area contributed by atoms with E-state index < -0.39 is 0 Å². The number of nitrogen functional groups attached to an aromatic ring is 1. The summed E-state index contributed by atoms with van der Waals surface area (Å²) in [7, 11) is 3.91. The van der Waals surface area contributed by atoms with Crippen LogP contribution in [0.3, 0.4) is 0 Å². The molecule has 1 aromatic carbocycles. The lowest BCUT2D eigenvalue weighted by molar-refractivity contribution is 0.0944. The van der Waals surface area contributed by atoms with Gasteiger partial charge >= 0.3 is 0 Å². The Morgan fingerprint density at radius 2 is 1.68 bits per heavy atom. The van der Waals surface area contributed by atoms with E-state index in [0.717, 1.165) is 23.3 Å². The minimum atomic E-state index is 0.577. The number of halogens is 1. The fraction of sp³-hybridized carbons (Fsp3) is 0.647. The quantitative estimate of drug-likeness (QED) is 0.813. The van der Waals surface area contributed by atoms with E-state index in [1.165, 1.54) is 44.5 Å². The van der Waals surface area contributed by atoms with Crippen LogP contribution in [0, 0.1) is 5.41 Å². The van der Waals surface area contributed by atoms with E-state index >= 15 is 0 Å². The van der Waals surface area contributed by atoms with E-state index in [9.17, 15) is 0 Å². The van der Waals surface area contributed by atoms with Gasteiger partial charge in [0.05, 0.1) is 18.5 Å². The molecule has 122 valence electrons. The van der Waals surface area contributed by atoms with Gasteiger partial charge in [-0.3, -0.25) is 0 Å². The zero-order chi connectivity index (χ0) is 15.7. The number of nitrogens with zero attached hydrogens (tertiary/aromatic N) is 2. The molecule has 0 bridgehead atoms. The first kappa shape index (κ1) is 15.9. The van der Waals surface area contributed by atoms with Crippen molar-refractivity contribution in [2.24, 2.45) is 5.41 Å². The number of hydrogen-bond acceptors (Lipinski definition) is 4. The third kappa shape index (κ3) is 3.06. The van der Waals surface area contributed by atoms with Gasteiger partial charge in [0.15, 0.2) is 0 Å². The molecule has 0 amide bonds. The van der Waals surface area contributed by atoms with Crippen molar-refractivity contribution < 1.29 is 4.74 Å². The normalized spacial score (nSPS) is 22.0. The van der Waals surface area contributed by atoms with Gasteiger partial charge in [-0.2, -0.15) is 0 Å². The highest BCUT2D eigenvalue weighted by Crippen LogP contribution is 2.44. The Morgan fingerprint density at radius 1 is 1.09 bits per heavy atom. The van der Waals surface area contributed by atoms with E-state index in [4.69, 9.17) is 10.5 Å². The van der Waals surface area contributed by atoms with Crippen molar-refractivity contribution in [1.29, 1.82) is 0 Å². The number of hydrogen-bond donors (Lipinski definition) is 1. The molecule has 5 heteroatoms. The molecule has 2 aliphatic heterocycles. The Hall–Kier alpha value is -0.940. The number of piperidine rings is 2. The van der Waals surface area contributed by atoms with Crippen LogP contribution in [0.1, 0.15) is 25.7 Å². The van der Waals surface area contributed by atoms with Crippen molar-refractivity contribution in [3.63, 3.8) is 0 Å². The first-order valence-electron chi connectivity index (χ1n) is 8.09. The Balaban J connectivity index is 1.71. The molecule has 0 radical (unpaired) electrons. The lowest BCUT2D eigenvalue weighted by atomic mass is 9.71. The average molecular weight is 368 g/mol. The molecule has 0 unspecified atom stereocenters. The summed E-state index contributed by atoms with van der Waals surface area (Å²) in [5, 5.41) is 0. The lowest BCUT2D eigenvalue weighted by Crippen LogP contribution is -2.46. The van der Waals surface area contributed by atoms with E-state index in [1.54, 1.807) is 7.11 Å². The molecule has 0 aliphatic carbocycles. The van der Waals surface area contributed by atoms with Crippen LogP contribution in [-0.4, -0.2) is 45.2 Å². The number of benzene rings is 1. The van der Waals surface area contributed by atoms with Gasteiger partial charge in [-0.1, -0.05) is 0 Å². The summed E-state index contributed by atoms with van der Waals surface area (Å²) in [6.07, 6.45) is 5.28. The molecule has 4 nitrogen and oxygen atoms in total. The van der Waals surface area contributed by atoms with Gasteiger partial charge in [0.25, 0.3) is 0 Å². The summed E-state index contributed by atoms with van der Waals surface area (Å²) in [5.74, 6) is 0.762. The molecule has 2 saturated heterocycles. The highest BCUT2D eigenvalue weighted by Gasteiger charge is 2.37. The van der Waals surface area contributed by atoms with E-state index in [2.05, 4.69) is 38.8 Å². The smallest absolute Gasteiger partial charge is 0.143 e. The van der Waals surface area contributed by atoms with Crippen molar-refractivity contribution in [1.82, 2.24) is 4.90 Å². The van der Waals surface area contributed by atoms with Crippen LogP contribution >= 0.6 is 15.9 Å². The SMILES string of the molecule is COc1cc(N2CCC3(CCN(C)CC3)CC2)c(Br)cc1N. The molecule has 0 saturated carbocycles. The standard InChI is InChI=1S/C17H26BrN3O/c1-20-7-3-17(4-8-20)5-9-21(10-6-17)15-12-16(22-2)14(19)11-13(15)18/h11-12H,3-10,19H2,1-2H3. The number of ether oxygens (including phenoxy) is 1. The van der Waals surface area contributed by atoms with Gasteiger partial charge in [0, 0.05) is 23.6 Å². The van der Waals surface area contributed by atoms with Crippen LogP contribution in [0.15, 0.2) is 16.6 Å². The fourth-order valence-electron chi connectivity index (χ4n) is 3.79. The predicted octanol–water partition coefficient (Wildman–Crippen LogP) is 3.35. The Kier molecular flexibility index (Phi) is 4.55. The molecule has 2 heterocycles. The molecule has 1 spiro atoms. The third-order valence-electron chi connectivity index (χ3n) is 5.51. The molecule has 1 aromatic rings. The Bertz CT molecular complexity index is 531. The first-order chi connectivity index (χ1) is 10.5. The van der Waals surface area contributed by atoms with E-state index in [0.29, 0.717) is 11.1 Å². The number of likely N-dealkylation sites (tertiary alicyclic amines) is 1. The summed E-state index contributed by atoms with van der Waals surface area (Å²) in [4.78, 5) is 4.93. The summed E-state index contributed by atoms with van der Waals surface area (Å²) >= 11 is 3.66. The van der Waals surface area contributed by atoms with E-state index in [-0.39, 0.29) is 0 Å².